The maximum absolute atomic E-state index is 12.2. The number of halogens is 1. The molecule has 2 aromatic rings. The highest BCUT2D eigenvalue weighted by Crippen LogP contribution is 2.31. The second kappa shape index (κ2) is 3.93. The van der Waals surface area contributed by atoms with Crippen LogP contribution in [0, 0.1) is 0 Å². The smallest absolute Gasteiger partial charge is 0.293 e. The van der Waals surface area contributed by atoms with Gasteiger partial charge in [-0.05, 0) is 42.3 Å². The second-order valence-electron chi connectivity index (χ2n) is 3.96. The summed E-state index contributed by atoms with van der Waals surface area (Å²) in [6.45, 7) is 0.676. The Balaban J connectivity index is 1.96. The quantitative estimate of drug-likeness (QED) is 0.776. The van der Waals surface area contributed by atoms with E-state index in [4.69, 9.17) is 16.0 Å². The van der Waals surface area contributed by atoms with Crippen molar-refractivity contribution in [3.05, 3.63) is 52.9 Å². The Bertz CT molecular complexity index is 563. The van der Waals surface area contributed by atoms with Gasteiger partial charge in [0.05, 0.1) is 6.26 Å². The molecule has 0 saturated heterocycles. The Labute approximate surface area is 104 Å². The molecule has 0 spiro atoms. The van der Waals surface area contributed by atoms with Crippen molar-refractivity contribution in [1.82, 2.24) is 0 Å². The zero-order chi connectivity index (χ0) is 11.8. The Morgan fingerprint density at radius 3 is 3.00 bits per heavy atom. The average molecular weight is 248 g/mol. The number of benzene rings is 1. The van der Waals surface area contributed by atoms with Crippen molar-refractivity contribution in [1.29, 1.82) is 0 Å². The standard InChI is InChI=1S/C13H10ClNO2/c14-10-3-4-11-9(8-10)5-6-15(11)13(16)12-2-1-7-17-12/h1-4,7-8H,5-6H2. The third kappa shape index (κ3) is 1.72. The van der Waals surface area contributed by atoms with Gasteiger partial charge in [0.25, 0.3) is 5.91 Å². The first-order valence-corrected chi connectivity index (χ1v) is 5.77. The molecule has 0 bridgehead atoms. The predicted octanol–water partition coefficient (Wildman–Crippen LogP) is 3.14. The first kappa shape index (κ1) is 10.4. The van der Waals surface area contributed by atoms with E-state index in [-0.39, 0.29) is 5.91 Å². The van der Waals surface area contributed by atoms with Crippen LogP contribution in [0.2, 0.25) is 5.02 Å². The molecule has 3 nitrogen and oxygen atoms in total. The van der Waals surface area contributed by atoms with Gasteiger partial charge in [-0.15, -0.1) is 0 Å². The molecular weight excluding hydrogens is 238 g/mol. The number of rotatable bonds is 1. The van der Waals surface area contributed by atoms with Crippen LogP contribution in [0.4, 0.5) is 5.69 Å². The van der Waals surface area contributed by atoms with Gasteiger partial charge in [-0.25, -0.2) is 0 Å². The number of carbonyl (C=O) groups is 1. The fourth-order valence-corrected chi connectivity index (χ4v) is 2.31. The highest BCUT2D eigenvalue weighted by Gasteiger charge is 2.26. The van der Waals surface area contributed by atoms with Gasteiger partial charge in [-0.1, -0.05) is 11.6 Å². The van der Waals surface area contributed by atoms with Crippen LogP contribution < -0.4 is 4.90 Å². The summed E-state index contributed by atoms with van der Waals surface area (Å²) in [5.41, 5.74) is 2.04. The van der Waals surface area contributed by atoms with Crippen LogP contribution in [-0.2, 0) is 6.42 Å². The molecule has 0 aliphatic carbocycles. The molecule has 0 N–H and O–H groups in total. The minimum atomic E-state index is -0.101. The number of furan rings is 1. The third-order valence-corrected chi connectivity index (χ3v) is 3.15. The zero-order valence-electron chi connectivity index (χ0n) is 9.02. The summed E-state index contributed by atoms with van der Waals surface area (Å²) in [7, 11) is 0. The van der Waals surface area contributed by atoms with Gasteiger partial charge in [0.1, 0.15) is 0 Å². The van der Waals surface area contributed by atoms with Crippen LogP contribution in [-0.4, -0.2) is 12.5 Å². The molecule has 0 atom stereocenters. The van der Waals surface area contributed by atoms with Gasteiger partial charge in [0.2, 0.25) is 0 Å². The topological polar surface area (TPSA) is 33.5 Å². The summed E-state index contributed by atoms with van der Waals surface area (Å²) < 4.78 is 5.13. The summed E-state index contributed by atoms with van der Waals surface area (Å²) in [6, 6.07) is 8.98. The molecule has 3 rings (SSSR count). The number of hydrogen-bond donors (Lipinski definition) is 0. The first-order chi connectivity index (χ1) is 8.25. The van der Waals surface area contributed by atoms with E-state index in [1.54, 1.807) is 23.1 Å². The van der Waals surface area contributed by atoms with E-state index in [1.165, 1.54) is 6.26 Å². The molecule has 0 radical (unpaired) electrons. The monoisotopic (exact) mass is 247 g/mol. The molecule has 4 heteroatoms. The molecule has 0 saturated carbocycles. The summed E-state index contributed by atoms with van der Waals surface area (Å²) >= 11 is 5.93. The lowest BCUT2D eigenvalue weighted by molar-refractivity contribution is 0.0963. The van der Waals surface area contributed by atoms with Crippen molar-refractivity contribution < 1.29 is 9.21 Å². The molecule has 1 aromatic heterocycles. The van der Waals surface area contributed by atoms with Gasteiger partial charge < -0.3 is 9.32 Å². The van der Waals surface area contributed by atoms with E-state index in [2.05, 4.69) is 0 Å². The van der Waals surface area contributed by atoms with Crippen molar-refractivity contribution in [2.45, 2.75) is 6.42 Å². The molecule has 2 heterocycles. The fraction of sp³-hybridized carbons (Fsp3) is 0.154. The Morgan fingerprint density at radius 2 is 2.24 bits per heavy atom. The van der Waals surface area contributed by atoms with Gasteiger partial charge in [0, 0.05) is 17.3 Å². The first-order valence-electron chi connectivity index (χ1n) is 5.39. The van der Waals surface area contributed by atoms with Crippen LogP contribution in [0.1, 0.15) is 16.1 Å². The fourth-order valence-electron chi connectivity index (χ4n) is 2.11. The number of carbonyl (C=O) groups excluding carboxylic acids is 1. The number of fused-ring (bicyclic) bond motifs is 1. The highest BCUT2D eigenvalue weighted by molar-refractivity contribution is 6.30. The van der Waals surface area contributed by atoms with Crippen molar-refractivity contribution >= 4 is 23.2 Å². The zero-order valence-corrected chi connectivity index (χ0v) is 9.78. The largest absolute Gasteiger partial charge is 0.459 e. The lowest BCUT2D eigenvalue weighted by Crippen LogP contribution is -2.28. The molecular formula is C13H10ClNO2. The molecule has 0 fully saturated rings. The molecule has 1 amide bonds. The van der Waals surface area contributed by atoms with Gasteiger partial charge in [-0.2, -0.15) is 0 Å². The van der Waals surface area contributed by atoms with Crippen molar-refractivity contribution in [3.8, 4) is 0 Å². The predicted molar refractivity (Wildman–Crippen MR) is 65.5 cm³/mol. The number of anilines is 1. The minimum Gasteiger partial charge on any atom is -0.459 e. The molecule has 17 heavy (non-hydrogen) atoms. The molecule has 0 unspecified atom stereocenters. The number of nitrogens with zero attached hydrogens (tertiary/aromatic N) is 1. The highest BCUT2D eigenvalue weighted by atomic mass is 35.5. The molecule has 1 aromatic carbocycles. The van der Waals surface area contributed by atoms with Crippen LogP contribution in [0.25, 0.3) is 0 Å². The van der Waals surface area contributed by atoms with Crippen molar-refractivity contribution in [2.24, 2.45) is 0 Å². The van der Waals surface area contributed by atoms with E-state index in [0.29, 0.717) is 17.3 Å². The molecule has 1 aliphatic rings. The van der Waals surface area contributed by atoms with E-state index >= 15 is 0 Å². The van der Waals surface area contributed by atoms with E-state index in [0.717, 1.165) is 17.7 Å². The van der Waals surface area contributed by atoms with Crippen molar-refractivity contribution in [3.63, 3.8) is 0 Å². The van der Waals surface area contributed by atoms with Crippen LogP contribution >= 0.6 is 11.6 Å². The summed E-state index contributed by atoms with van der Waals surface area (Å²) in [5, 5.41) is 0.705. The second-order valence-corrected chi connectivity index (χ2v) is 4.39. The minimum absolute atomic E-state index is 0.101. The van der Waals surface area contributed by atoms with Gasteiger partial charge in [-0.3, -0.25) is 4.79 Å². The van der Waals surface area contributed by atoms with Gasteiger partial charge >= 0.3 is 0 Å². The van der Waals surface area contributed by atoms with E-state index in [9.17, 15) is 4.79 Å². The lowest BCUT2D eigenvalue weighted by atomic mass is 10.2. The lowest BCUT2D eigenvalue weighted by Gasteiger charge is -2.15. The Hall–Kier alpha value is -1.74. The summed E-state index contributed by atoms with van der Waals surface area (Å²) in [4.78, 5) is 13.9. The number of amides is 1. The molecule has 86 valence electrons. The van der Waals surface area contributed by atoms with Gasteiger partial charge in [0.15, 0.2) is 5.76 Å². The Morgan fingerprint density at radius 1 is 1.35 bits per heavy atom. The maximum Gasteiger partial charge on any atom is 0.293 e. The summed E-state index contributed by atoms with van der Waals surface area (Å²) in [5.74, 6) is 0.267. The number of hydrogen-bond acceptors (Lipinski definition) is 2. The average Bonchev–Trinajstić information content (AvgIpc) is 2.96. The van der Waals surface area contributed by atoms with Crippen LogP contribution in [0.15, 0.2) is 41.0 Å². The van der Waals surface area contributed by atoms with E-state index in [1.807, 2.05) is 12.1 Å². The SMILES string of the molecule is O=C(c1ccco1)N1CCc2cc(Cl)ccc21. The van der Waals surface area contributed by atoms with Crippen molar-refractivity contribution in [2.75, 3.05) is 11.4 Å². The summed E-state index contributed by atoms with van der Waals surface area (Å²) in [6.07, 6.45) is 2.34. The normalized spacial score (nSPS) is 13.8. The third-order valence-electron chi connectivity index (χ3n) is 2.91. The molecule has 1 aliphatic heterocycles. The Kier molecular flexibility index (Phi) is 2.41. The maximum atomic E-state index is 12.2. The van der Waals surface area contributed by atoms with E-state index < -0.39 is 0 Å². The van der Waals surface area contributed by atoms with Crippen LogP contribution in [0.3, 0.4) is 0 Å². The van der Waals surface area contributed by atoms with Crippen LogP contribution in [0.5, 0.6) is 0 Å².